The van der Waals surface area contributed by atoms with E-state index in [0.717, 1.165) is 23.2 Å². The van der Waals surface area contributed by atoms with Gasteiger partial charge in [0, 0.05) is 19.6 Å². The van der Waals surface area contributed by atoms with Gasteiger partial charge < -0.3 is 13.9 Å². The highest BCUT2D eigenvalue weighted by molar-refractivity contribution is 6.99. The standard InChI is InChI=1S/C35H48O4Si/c1-6-7-8-9-10-11-12-13-14-21-26-32(34-31(37-5)27-28-33(36)38-34)39-40(35(2,3)4,29-22-17-15-18-23-29)30-24-19-16-20-25-30/h15-20,22-25,27-28,31-32,34H,6-14H2,1-5H3/t31-,32+,34-/m0/s1. The van der Waals surface area contributed by atoms with Crippen molar-refractivity contribution in [3.05, 3.63) is 72.8 Å². The zero-order valence-electron chi connectivity index (χ0n) is 25.2. The van der Waals surface area contributed by atoms with Gasteiger partial charge in [0.1, 0.15) is 12.2 Å². The van der Waals surface area contributed by atoms with E-state index in [2.05, 4.69) is 88.1 Å². The van der Waals surface area contributed by atoms with E-state index in [4.69, 9.17) is 13.9 Å². The Labute approximate surface area is 243 Å². The van der Waals surface area contributed by atoms with E-state index in [9.17, 15) is 4.79 Å². The van der Waals surface area contributed by atoms with Gasteiger partial charge in [0.2, 0.25) is 0 Å². The summed E-state index contributed by atoms with van der Waals surface area (Å²) in [5.74, 6) is 6.45. The number of cyclic esters (lactones) is 1. The predicted molar refractivity (Wildman–Crippen MR) is 167 cm³/mol. The molecule has 216 valence electrons. The van der Waals surface area contributed by atoms with Crippen molar-refractivity contribution in [1.82, 2.24) is 0 Å². The maximum Gasteiger partial charge on any atom is 0.331 e. The fraction of sp³-hybridized carbons (Fsp3) is 0.514. The molecule has 0 aromatic heterocycles. The average molecular weight is 561 g/mol. The molecule has 5 heteroatoms. The van der Waals surface area contributed by atoms with Crippen molar-refractivity contribution in [1.29, 1.82) is 0 Å². The van der Waals surface area contributed by atoms with Gasteiger partial charge in [-0.3, -0.25) is 0 Å². The first-order valence-corrected chi connectivity index (χ1v) is 16.9. The zero-order chi connectivity index (χ0) is 28.8. The first-order chi connectivity index (χ1) is 19.3. The molecule has 40 heavy (non-hydrogen) atoms. The number of hydrogen-bond donors (Lipinski definition) is 0. The minimum absolute atomic E-state index is 0.232. The molecule has 0 unspecified atom stereocenters. The topological polar surface area (TPSA) is 44.8 Å². The van der Waals surface area contributed by atoms with E-state index in [-0.39, 0.29) is 11.0 Å². The van der Waals surface area contributed by atoms with Crippen molar-refractivity contribution in [3.63, 3.8) is 0 Å². The summed E-state index contributed by atoms with van der Waals surface area (Å²) in [6, 6.07) is 21.0. The van der Waals surface area contributed by atoms with Gasteiger partial charge in [-0.2, -0.15) is 0 Å². The van der Waals surface area contributed by atoms with E-state index in [1.54, 1.807) is 13.2 Å². The van der Waals surface area contributed by atoms with Crippen LogP contribution in [0.5, 0.6) is 0 Å². The van der Waals surface area contributed by atoms with Crippen LogP contribution in [0.1, 0.15) is 85.5 Å². The van der Waals surface area contributed by atoms with Crippen LogP contribution in [-0.2, 0) is 18.7 Å². The van der Waals surface area contributed by atoms with Gasteiger partial charge >= 0.3 is 5.97 Å². The molecule has 0 amide bonds. The first kappa shape index (κ1) is 31.9. The fourth-order valence-corrected chi connectivity index (χ4v) is 10.1. The highest BCUT2D eigenvalue weighted by Crippen LogP contribution is 2.38. The Bertz CT molecular complexity index is 1070. The van der Waals surface area contributed by atoms with Crippen LogP contribution in [0.25, 0.3) is 0 Å². The minimum atomic E-state index is -2.93. The number of unbranched alkanes of at least 4 members (excludes halogenated alkanes) is 8. The average Bonchev–Trinajstić information content (AvgIpc) is 2.96. The maximum absolute atomic E-state index is 12.4. The van der Waals surface area contributed by atoms with Gasteiger partial charge in [-0.25, -0.2) is 4.79 Å². The molecule has 3 rings (SSSR count). The number of ether oxygens (including phenoxy) is 2. The number of hydrogen-bond acceptors (Lipinski definition) is 4. The van der Waals surface area contributed by atoms with Crippen molar-refractivity contribution in [3.8, 4) is 11.8 Å². The van der Waals surface area contributed by atoms with Gasteiger partial charge in [0.25, 0.3) is 8.32 Å². The lowest BCUT2D eigenvalue weighted by atomic mass is 10.0. The molecule has 2 aromatic rings. The SMILES string of the molecule is CCCCCCCCCCC#C[C@@H](O[Si](c1ccccc1)(c1ccccc1)C(C)(C)C)[C@H]1OC(=O)C=C[C@@H]1OC. The van der Waals surface area contributed by atoms with Crippen molar-refractivity contribution in [2.24, 2.45) is 0 Å². The van der Waals surface area contributed by atoms with Crippen LogP contribution in [0.3, 0.4) is 0 Å². The van der Waals surface area contributed by atoms with E-state index in [1.165, 1.54) is 51.0 Å². The Morgan fingerprint density at radius 3 is 1.95 bits per heavy atom. The molecular weight excluding hydrogens is 512 g/mol. The van der Waals surface area contributed by atoms with Crippen LogP contribution in [0, 0.1) is 11.8 Å². The lowest BCUT2D eigenvalue weighted by Crippen LogP contribution is -2.69. The third kappa shape index (κ3) is 8.43. The zero-order valence-corrected chi connectivity index (χ0v) is 26.2. The number of esters is 1. The van der Waals surface area contributed by atoms with E-state index in [0.29, 0.717) is 0 Å². The molecule has 2 aromatic carbocycles. The largest absolute Gasteiger partial charge is 0.452 e. The molecule has 1 aliphatic rings. The molecule has 3 atom stereocenters. The molecule has 4 nitrogen and oxygen atoms in total. The number of rotatable bonds is 14. The second kappa shape index (κ2) is 16.0. The second-order valence-electron chi connectivity index (χ2n) is 11.7. The van der Waals surface area contributed by atoms with Crippen LogP contribution in [0.2, 0.25) is 5.04 Å². The molecule has 0 fully saturated rings. The summed E-state index contributed by atoms with van der Waals surface area (Å²) in [5, 5.41) is 2.09. The van der Waals surface area contributed by atoms with Crippen LogP contribution in [-0.4, -0.2) is 39.7 Å². The van der Waals surface area contributed by atoms with Crippen LogP contribution >= 0.6 is 0 Å². The van der Waals surface area contributed by atoms with E-state index >= 15 is 0 Å². The number of carbonyl (C=O) groups is 1. The minimum Gasteiger partial charge on any atom is -0.452 e. The highest BCUT2D eigenvalue weighted by Gasteiger charge is 2.53. The second-order valence-corrected chi connectivity index (χ2v) is 16.0. The highest BCUT2D eigenvalue weighted by atomic mass is 28.4. The Morgan fingerprint density at radius 2 is 1.43 bits per heavy atom. The van der Waals surface area contributed by atoms with Gasteiger partial charge in [0.05, 0.1) is 0 Å². The molecule has 0 aliphatic carbocycles. The number of benzene rings is 2. The third-order valence-electron chi connectivity index (χ3n) is 7.69. The van der Waals surface area contributed by atoms with Gasteiger partial charge in [-0.05, 0) is 27.9 Å². The number of carbonyl (C=O) groups excluding carboxylic acids is 1. The van der Waals surface area contributed by atoms with Crippen molar-refractivity contribution in [2.45, 2.75) is 109 Å². The molecule has 0 radical (unpaired) electrons. The molecular formula is C35H48O4Si. The summed E-state index contributed by atoms with van der Waals surface area (Å²) in [5.41, 5.74) is 0. The molecule has 0 bridgehead atoms. The normalized spacial score (nSPS) is 18.1. The molecule has 1 aliphatic heterocycles. The quantitative estimate of drug-likeness (QED) is 0.108. The fourth-order valence-electron chi connectivity index (χ4n) is 5.55. The van der Waals surface area contributed by atoms with Crippen molar-refractivity contribution < 1.29 is 18.7 Å². The molecule has 1 heterocycles. The Hall–Kier alpha value is -2.65. The first-order valence-electron chi connectivity index (χ1n) is 15.0. The summed E-state index contributed by atoms with van der Waals surface area (Å²) in [4.78, 5) is 12.4. The van der Waals surface area contributed by atoms with Gasteiger partial charge in [-0.15, -0.1) is 5.92 Å². The summed E-state index contributed by atoms with van der Waals surface area (Å²) in [7, 11) is -1.30. The lowest BCUT2D eigenvalue weighted by Gasteiger charge is -2.45. The Kier molecular flexibility index (Phi) is 12.7. The molecule has 0 saturated carbocycles. The predicted octanol–water partition coefficient (Wildman–Crippen LogP) is 6.96. The molecule has 0 N–H and O–H groups in total. The van der Waals surface area contributed by atoms with Crippen LogP contribution in [0.15, 0.2) is 72.8 Å². The summed E-state index contributed by atoms with van der Waals surface area (Å²) in [6.45, 7) is 8.98. The Morgan fingerprint density at radius 1 is 0.875 bits per heavy atom. The maximum atomic E-state index is 12.4. The van der Waals surface area contributed by atoms with E-state index in [1.807, 2.05) is 12.1 Å². The van der Waals surface area contributed by atoms with Crippen LogP contribution < -0.4 is 10.4 Å². The van der Waals surface area contributed by atoms with Crippen molar-refractivity contribution >= 4 is 24.7 Å². The Balaban J connectivity index is 1.93. The van der Waals surface area contributed by atoms with Gasteiger partial charge in [-0.1, -0.05) is 139 Å². The smallest absolute Gasteiger partial charge is 0.331 e. The van der Waals surface area contributed by atoms with Crippen LogP contribution in [0.4, 0.5) is 0 Å². The van der Waals surface area contributed by atoms with Crippen molar-refractivity contribution in [2.75, 3.05) is 7.11 Å². The monoisotopic (exact) mass is 560 g/mol. The lowest BCUT2D eigenvalue weighted by molar-refractivity contribution is -0.156. The third-order valence-corrected chi connectivity index (χ3v) is 12.7. The summed E-state index contributed by atoms with van der Waals surface area (Å²) >= 11 is 0. The number of methoxy groups -OCH3 is 1. The summed E-state index contributed by atoms with van der Waals surface area (Å²) in [6.07, 6.45) is 12.3. The van der Waals surface area contributed by atoms with E-state index < -0.39 is 26.6 Å². The molecule has 0 saturated heterocycles. The summed E-state index contributed by atoms with van der Waals surface area (Å²) < 4.78 is 19.0. The van der Waals surface area contributed by atoms with Gasteiger partial charge in [0.15, 0.2) is 6.10 Å². The molecule has 0 spiro atoms.